The van der Waals surface area contributed by atoms with Crippen molar-refractivity contribution < 1.29 is 0 Å². The Kier molecular flexibility index (Phi) is 7.31. The first kappa shape index (κ1) is 31.4. The molecule has 0 N–H and O–H groups in total. The third kappa shape index (κ3) is 5.35. The highest BCUT2D eigenvalue weighted by molar-refractivity contribution is 6.16. The molecule has 55 heavy (non-hydrogen) atoms. The van der Waals surface area contributed by atoms with Crippen LogP contribution in [0.4, 0.5) is 0 Å². The van der Waals surface area contributed by atoms with Crippen LogP contribution in [-0.2, 0) is 0 Å². The average molecular weight is 702 g/mol. The SMILES string of the molecule is C1=CCCC(c2nc3ccccc3n2-c2ccc(-c3cc(-c4ccc5ccccc5c4)nc4c3cc(-c3ccc5ccccc5c3)c3ccccc34)cc2)=C1. The van der Waals surface area contributed by atoms with E-state index < -0.39 is 0 Å². The minimum atomic E-state index is 0.959. The normalized spacial score (nSPS) is 13.0. The van der Waals surface area contributed by atoms with Crippen LogP contribution in [0.1, 0.15) is 18.7 Å². The molecule has 0 aliphatic heterocycles. The lowest BCUT2D eigenvalue weighted by Crippen LogP contribution is -2.02. The van der Waals surface area contributed by atoms with Gasteiger partial charge in [-0.25, -0.2) is 9.97 Å². The van der Waals surface area contributed by atoms with Crippen molar-refractivity contribution in [1.29, 1.82) is 0 Å². The van der Waals surface area contributed by atoms with E-state index in [9.17, 15) is 0 Å². The zero-order chi connectivity index (χ0) is 36.3. The number of nitrogens with zero attached hydrogens (tertiary/aromatic N) is 3. The zero-order valence-electron chi connectivity index (χ0n) is 30.2. The number of fused-ring (bicyclic) bond motifs is 6. The molecule has 0 amide bonds. The van der Waals surface area contributed by atoms with Gasteiger partial charge in [-0.3, -0.25) is 4.57 Å². The van der Waals surface area contributed by atoms with Crippen molar-refractivity contribution in [3.8, 4) is 39.2 Å². The summed E-state index contributed by atoms with van der Waals surface area (Å²) < 4.78 is 2.32. The second-order valence-electron chi connectivity index (χ2n) is 14.5. The summed E-state index contributed by atoms with van der Waals surface area (Å²) in [6.07, 6.45) is 8.60. The van der Waals surface area contributed by atoms with Crippen molar-refractivity contribution in [1.82, 2.24) is 14.5 Å². The standard InChI is InChI=1S/C52H35N3/c1-2-14-37(15-3-1)52-54-48-20-10-11-21-50(48)55(52)42-28-26-36(27-29-42)46-33-49(41-25-23-35-13-5-7-17-39(35)31-41)53-51-44-19-9-8-18-43(44)45(32-47(46)51)40-24-22-34-12-4-6-16-38(34)30-40/h1-2,4-14,16-33H,3,15H2. The molecule has 0 atom stereocenters. The number of rotatable bonds is 5. The van der Waals surface area contributed by atoms with Gasteiger partial charge in [0.15, 0.2) is 0 Å². The first-order valence-electron chi connectivity index (χ1n) is 19.0. The van der Waals surface area contributed by atoms with E-state index in [-0.39, 0.29) is 0 Å². The van der Waals surface area contributed by atoms with Crippen molar-refractivity contribution in [2.24, 2.45) is 0 Å². The smallest absolute Gasteiger partial charge is 0.141 e. The van der Waals surface area contributed by atoms with Gasteiger partial charge in [0.05, 0.1) is 22.2 Å². The second-order valence-corrected chi connectivity index (χ2v) is 14.5. The van der Waals surface area contributed by atoms with Gasteiger partial charge < -0.3 is 0 Å². The first-order valence-corrected chi connectivity index (χ1v) is 19.0. The highest BCUT2D eigenvalue weighted by atomic mass is 15.1. The third-order valence-corrected chi connectivity index (χ3v) is 11.2. The highest BCUT2D eigenvalue weighted by Gasteiger charge is 2.19. The van der Waals surface area contributed by atoms with Gasteiger partial charge in [-0.1, -0.05) is 140 Å². The van der Waals surface area contributed by atoms with Gasteiger partial charge in [0.1, 0.15) is 5.82 Å². The topological polar surface area (TPSA) is 30.7 Å². The van der Waals surface area contributed by atoms with Gasteiger partial charge in [0, 0.05) is 22.0 Å². The first-order chi connectivity index (χ1) is 27.2. The molecule has 0 saturated carbocycles. The molecular weight excluding hydrogens is 667 g/mol. The maximum Gasteiger partial charge on any atom is 0.141 e. The summed E-state index contributed by atoms with van der Waals surface area (Å²) in [5.74, 6) is 1.01. The monoisotopic (exact) mass is 701 g/mol. The van der Waals surface area contributed by atoms with Gasteiger partial charge in [0.25, 0.3) is 0 Å². The summed E-state index contributed by atoms with van der Waals surface area (Å²) in [4.78, 5) is 10.6. The summed E-state index contributed by atoms with van der Waals surface area (Å²) in [5.41, 5.74) is 12.2. The summed E-state index contributed by atoms with van der Waals surface area (Å²) in [7, 11) is 0. The molecule has 0 unspecified atom stereocenters. The number of allylic oxidation sites excluding steroid dienone is 4. The van der Waals surface area contributed by atoms with Crippen LogP contribution < -0.4 is 0 Å². The molecule has 3 heteroatoms. The fourth-order valence-corrected chi connectivity index (χ4v) is 8.47. The van der Waals surface area contributed by atoms with Crippen LogP contribution in [0.25, 0.3) is 99.0 Å². The minimum absolute atomic E-state index is 0.959. The maximum atomic E-state index is 5.48. The molecular formula is C52H35N3. The summed E-state index contributed by atoms with van der Waals surface area (Å²) >= 11 is 0. The molecule has 0 bridgehead atoms. The van der Waals surface area contributed by atoms with Crippen LogP contribution in [0.5, 0.6) is 0 Å². The van der Waals surface area contributed by atoms with Gasteiger partial charge in [-0.15, -0.1) is 0 Å². The van der Waals surface area contributed by atoms with E-state index >= 15 is 0 Å². The van der Waals surface area contributed by atoms with Crippen LogP contribution in [0.15, 0.2) is 188 Å². The maximum absolute atomic E-state index is 5.48. The summed E-state index contributed by atoms with van der Waals surface area (Å²) in [6.45, 7) is 0. The van der Waals surface area contributed by atoms with Crippen molar-refractivity contribution in [2.45, 2.75) is 12.8 Å². The molecule has 0 fully saturated rings. The lowest BCUT2D eigenvalue weighted by Gasteiger charge is -2.17. The number of aromatic nitrogens is 3. The molecule has 0 saturated heterocycles. The fraction of sp³-hybridized carbons (Fsp3) is 0.0385. The van der Waals surface area contributed by atoms with Gasteiger partial charge >= 0.3 is 0 Å². The third-order valence-electron chi connectivity index (χ3n) is 11.2. The lowest BCUT2D eigenvalue weighted by atomic mass is 9.90. The molecule has 11 rings (SSSR count). The van der Waals surface area contributed by atoms with Crippen molar-refractivity contribution in [3.05, 3.63) is 194 Å². The number of pyridine rings is 1. The molecule has 1 aliphatic carbocycles. The molecule has 258 valence electrons. The Morgan fingerprint density at radius 1 is 0.473 bits per heavy atom. The van der Waals surface area contributed by atoms with E-state index in [2.05, 4.69) is 193 Å². The van der Waals surface area contributed by atoms with E-state index in [1.807, 2.05) is 0 Å². The summed E-state index contributed by atoms with van der Waals surface area (Å²) in [6, 6.07) is 61.5. The lowest BCUT2D eigenvalue weighted by molar-refractivity contribution is 0.982. The predicted octanol–water partition coefficient (Wildman–Crippen LogP) is 13.8. The van der Waals surface area contributed by atoms with E-state index in [1.54, 1.807) is 0 Å². The van der Waals surface area contributed by atoms with E-state index in [4.69, 9.17) is 9.97 Å². The molecule has 0 spiro atoms. The van der Waals surface area contributed by atoms with Crippen LogP contribution >= 0.6 is 0 Å². The quantitative estimate of drug-likeness (QED) is 0.167. The predicted molar refractivity (Wildman–Crippen MR) is 232 cm³/mol. The van der Waals surface area contributed by atoms with Crippen molar-refractivity contribution in [2.75, 3.05) is 0 Å². The molecule has 10 aromatic rings. The molecule has 2 aromatic heterocycles. The van der Waals surface area contributed by atoms with Crippen LogP contribution in [-0.4, -0.2) is 14.5 Å². The largest absolute Gasteiger partial charge is 0.293 e. The molecule has 2 heterocycles. The van der Waals surface area contributed by atoms with E-state index in [0.29, 0.717) is 0 Å². The second kappa shape index (κ2) is 12.8. The Morgan fingerprint density at radius 2 is 1.11 bits per heavy atom. The average Bonchev–Trinajstić information content (AvgIpc) is 3.65. The number of para-hydroxylation sites is 2. The van der Waals surface area contributed by atoms with Gasteiger partial charge in [0.2, 0.25) is 0 Å². The number of hydrogen-bond donors (Lipinski definition) is 0. The van der Waals surface area contributed by atoms with Crippen molar-refractivity contribution in [3.63, 3.8) is 0 Å². The Bertz CT molecular complexity index is 3200. The Balaban J connectivity index is 1.15. The van der Waals surface area contributed by atoms with E-state index in [0.717, 1.165) is 74.1 Å². The Labute approximate surface area is 319 Å². The number of benzene rings is 8. The molecule has 3 nitrogen and oxygen atoms in total. The Hall–Kier alpha value is -7.10. The number of imidazole rings is 1. The van der Waals surface area contributed by atoms with Crippen LogP contribution in [0.2, 0.25) is 0 Å². The number of hydrogen-bond acceptors (Lipinski definition) is 2. The fourth-order valence-electron chi connectivity index (χ4n) is 8.47. The molecule has 1 aliphatic rings. The zero-order valence-corrected chi connectivity index (χ0v) is 30.2. The van der Waals surface area contributed by atoms with Gasteiger partial charge in [-0.2, -0.15) is 0 Å². The van der Waals surface area contributed by atoms with Crippen LogP contribution in [0.3, 0.4) is 0 Å². The van der Waals surface area contributed by atoms with Gasteiger partial charge in [-0.05, 0) is 116 Å². The van der Waals surface area contributed by atoms with E-state index in [1.165, 1.54) is 43.6 Å². The summed E-state index contributed by atoms with van der Waals surface area (Å²) in [5, 5.41) is 8.37. The van der Waals surface area contributed by atoms with Crippen molar-refractivity contribution >= 4 is 59.8 Å². The molecule has 0 radical (unpaired) electrons. The minimum Gasteiger partial charge on any atom is -0.293 e. The van der Waals surface area contributed by atoms with Crippen LogP contribution in [0, 0.1) is 0 Å². The highest BCUT2D eigenvalue weighted by Crippen LogP contribution is 2.41. The Morgan fingerprint density at radius 3 is 1.87 bits per heavy atom. The molecule has 8 aromatic carbocycles.